The first-order valence-corrected chi connectivity index (χ1v) is 38.9. The van der Waals surface area contributed by atoms with Crippen molar-refractivity contribution >= 4 is 75.4 Å². The number of thioether (sulfide) groups is 1. The molecule has 0 spiro atoms. The number of guanidine groups is 1. The summed E-state index contributed by atoms with van der Waals surface area (Å²) in [6.07, 6.45) is -1.77. The van der Waals surface area contributed by atoms with Gasteiger partial charge in [-0.25, -0.2) is 27.5 Å². The number of hydrogen-bond donors (Lipinski definition) is 11. The highest BCUT2D eigenvalue weighted by Gasteiger charge is 2.41. The Hall–Kier alpha value is -9.99. The van der Waals surface area contributed by atoms with Gasteiger partial charge in [-0.2, -0.15) is 0 Å². The van der Waals surface area contributed by atoms with E-state index in [-0.39, 0.29) is 68.4 Å². The zero-order valence-corrected chi connectivity index (χ0v) is 65.4. The summed E-state index contributed by atoms with van der Waals surface area (Å²) in [6.45, 7) is 21.4. The van der Waals surface area contributed by atoms with E-state index in [0.717, 1.165) is 44.5 Å². The average molecular weight is 1520 g/mol. The highest BCUT2D eigenvalue weighted by molar-refractivity contribution is 8.00. The summed E-state index contributed by atoms with van der Waals surface area (Å²) >= 11 is 1.56. The van der Waals surface area contributed by atoms with Crippen molar-refractivity contribution in [2.45, 2.75) is 204 Å². The van der Waals surface area contributed by atoms with Crippen molar-refractivity contribution in [2.75, 3.05) is 32.0 Å². The number of sulfonamides is 1. The first-order valence-electron chi connectivity index (χ1n) is 36.4. The molecule has 0 radical (unpaired) electrons. The van der Waals surface area contributed by atoms with Gasteiger partial charge in [0.25, 0.3) is 10.0 Å². The van der Waals surface area contributed by atoms with Crippen LogP contribution >= 0.6 is 11.8 Å². The van der Waals surface area contributed by atoms with Crippen LogP contribution in [0.4, 0.5) is 9.59 Å². The van der Waals surface area contributed by atoms with E-state index in [1.54, 1.807) is 74.1 Å². The largest absolute Gasteiger partial charge is 0.487 e. The number of unbranched alkanes of at least 4 members (excludes halogenated alkanes) is 1. The van der Waals surface area contributed by atoms with Crippen molar-refractivity contribution < 1.29 is 70.8 Å². The van der Waals surface area contributed by atoms with Crippen molar-refractivity contribution in [3.63, 3.8) is 0 Å². The van der Waals surface area contributed by atoms with Crippen LogP contribution in [0.25, 0.3) is 11.1 Å². The standard InChI is InChI=1S/C81H104N10O15S2/c1-49-50(2)69(51(3)61-46-80(12,13)105-68(49)61)108(101,102)91-75(82)83-44-29-41-63(72(95)86-52(4)70(93)90-67(53(5)104-78(6,7)8)73(96)88-65(74(97)98)40-27-28-43-84-76(99)106-79(9,10)11)87-66(92)47-85-71(94)64(89-77(100)103-48-62-59-38-25-23-36-57(59)58-37-24-26-39-60(58)62)42-45-107-81(54-30-17-14-18-31-54,55-32-19-15-20-33-55)56-34-21-16-22-35-56/h14-26,30-39,52-53,62-65,67H,27-29,40-48H2,1-13H3,(H,84,99)(H,85,94)(H,86,95)(H,87,92)(H,88,96)(H,89,100)(H,90,93)(H,97,98)(H3,82,83,91)/t52-,53+,63-,64-,65-,67-/m0/s1. The highest BCUT2D eigenvalue weighted by Crippen LogP contribution is 2.49. The van der Waals surface area contributed by atoms with E-state index in [9.17, 15) is 51.9 Å². The number of carbonyl (C=O) groups excluding carboxylic acids is 7. The minimum atomic E-state index is -4.35. The fraction of sp³-hybridized carbons (Fsp3) is 0.444. The lowest BCUT2D eigenvalue weighted by atomic mass is 9.84. The summed E-state index contributed by atoms with van der Waals surface area (Å²) in [4.78, 5) is 111. The number of nitrogens with one attached hydrogen (secondary N) is 10. The van der Waals surface area contributed by atoms with Crippen molar-refractivity contribution in [1.82, 2.24) is 47.3 Å². The van der Waals surface area contributed by atoms with Gasteiger partial charge >= 0.3 is 18.2 Å². The second kappa shape index (κ2) is 36.7. The van der Waals surface area contributed by atoms with Crippen LogP contribution in [-0.2, 0) is 64.2 Å². The van der Waals surface area contributed by atoms with E-state index in [1.165, 1.54) is 13.8 Å². The molecule has 0 unspecified atom stereocenters. The molecule has 8 rings (SSSR count). The normalized spacial score (nSPS) is 14.8. The number of aliphatic carboxylic acids is 1. The Labute approximate surface area is 637 Å². The number of amides is 7. The van der Waals surface area contributed by atoms with Crippen LogP contribution in [0.15, 0.2) is 144 Å². The summed E-state index contributed by atoms with van der Waals surface area (Å²) in [5.74, 6) is -5.71. The van der Waals surface area contributed by atoms with Gasteiger partial charge < -0.3 is 66.6 Å². The number of rotatable bonds is 34. The number of benzene rings is 6. The topological polar surface area (TPSA) is 360 Å². The molecule has 1 heterocycles. The SMILES string of the molecule is Cc1c(C)c(S(=O)(=O)NC(=N)NCCC[C@H](NC(=O)CNC(=O)[C@H](CCSC(c2ccccc2)(c2ccccc2)c2ccccc2)NC(=O)OCC2c3ccccc3-c3ccccc32)C(=O)N[C@@H](C)C(=O)N[C@H](C(=O)N[C@@H](CCCCNC(=O)OC(C)(C)C)C(=O)O)[C@@H](C)OC(C)(C)C)c(C)c2c1OC(C)(C)C2. The first kappa shape index (κ1) is 83.6. The quantitative estimate of drug-likeness (QED) is 0.00774. The molecule has 6 aromatic rings. The van der Waals surface area contributed by atoms with Crippen molar-refractivity contribution in [1.29, 1.82) is 5.41 Å². The lowest BCUT2D eigenvalue weighted by Crippen LogP contribution is -2.60. The Morgan fingerprint density at radius 2 is 1.13 bits per heavy atom. The monoisotopic (exact) mass is 1520 g/mol. The van der Waals surface area contributed by atoms with Gasteiger partial charge in [-0.05, 0) is 190 Å². The van der Waals surface area contributed by atoms with Gasteiger partial charge in [0, 0.05) is 31.0 Å². The van der Waals surface area contributed by atoms with Crippen LogP contribution in [0.2, 0.25) is 0 Å². The predicted octanol–water partition coefficient (Wildman–Crippen LogP) is 9.99. The number of alkyl carbamates (subject to hydrolysis) is 2. The number of carbonyl (C=O) groups is 8. The Morgan fingerprint density at radius 3 is 1.69 bits per heavy atom. The second-order valence-corrected chi connectivity index (χ2v) is 32.8. The van der Waals surface area contributed by atoms with Crippen LogP contribution in [0.5, 0.6) is 5.75 Å². The van der Waals surface area contributed by atoms with E-state index >= 15 is 0 Å². The molecule has 108 heavy (non-hydrogen) atoms. The molecular formula is C81H104N10O15S2. The van der Waals surface area contributed by atoms with E-state index in [4.69, 9.17) is 24.4 Å². The zero-order chi connectivity index (χ0) is 78.9. The number of ether oxygens (including phenoxy) is 4. The summed E-state index contributed by atoms with van der Waals surface area (Å²) < 4.78 is 53.3. The molecule has 2 aliphatic rings. The van der Waals surface area contributed by atoms with Crippen molar-refractivity contribution in [3.05, 3.63) is 190 Å². The van der Waals surface area contributed by atoms with E-state index < -0.39 is 128 Å². The van der Waals surface area contributed by atoms with E-state index in [1.807, 2.05) is 153 Å². The molecule has 0 aromatic heterocycles. The average Bonchev–Trinajstić information content (AvgIpc) is 1.30. The molecule has 27 heteroatoms. The van der Waals surface area contributed by atoms with Crippen molar-refractivity contribution in [3.8, 4) is 16.9 Å². The van der Waals surface area contributed by atoms with Crippen LogP contribution in [0.3, 0.4) is 0 Å². The van der Waals surface area contributed by atoms with Crippen LogP contribution < -0.4 is 52.0 Å². The van der Waals surface area contributed by atoms with Crippen molar-refractivity contribution in [2.24, 2.45) is 0 Å². The molecular weight excluding hydrogens is 1420 g/mol. The van der Waals surface area contributed by atoms with Crippen LogP contribution in [0.1, 0.15) is 164 Å². The molecule has 580 valence electrons. The molecule has 1 aliphatic heterocycles. The number of carboxylic acids is 1. The lowest BCUT2D eigenvalue weighted by Gasteiger charge is -2.36. The third-order valence-corrected chi connectivity index (χ3v) is 21.8. The van der Waals surface area contributed by atoms with Gasteiger partial charge in [0.15, 0.2) is 0 Å². The second-order valence-electron chi connectivity index (χ2n) is 29.9. The van der Waals surface area contributed by atoms with Gasteiger partial charge in [-0.15, -0.1) is 11.8 Å². The third-order valence-electron chi connectivity index (χ3n) is 18.6. The van der Waals surface area contributed by atoms with Crippen LogP contribution in [-0.4, -0.2) is 152 Å². The molecule has 11 N–H and O–H groups in total. The summed E-state index contributed by atoms with van der Waals surface area (Å²) in [5, 5.41) is 40.2. The smallest absolute Gasteiger partial charge is 0.407 e. The maximum atomic E-state index is 14.8. The highest BCUT2D eigenvalue weighted by atomic mass is 32.2. The molecule has 7 amide bonds. The van der Waals surface area contributed by atoms with Gasteiger partial charge in [-0.1, -0.05) is 140 Å². The molecule has 1 aliphatic carbocycles. The fourth-order valence-corrected chi connectivity index (χ4v) is 16.6. The maximum Gasteiger partial charge on any atom is 0.407 e. The Balaban J connectivity index is 0.999. The zero-order valence-electron chi connectivity index (χ0n) is 63.8. The summed E-state index contributed by atoms with van der Waals surface area (Å²) in [5.41, 5.74) is 7.07. The Morgan fingerprint density at radius 1 is 0.593 bits per heavy atom. The molecule has 6 atom stereocenters. The number of fused-ring (bicyclic) bond motifs is 4. The molecule has 0 saturated heterocycles. The number of hydrogen-bond acceptors (Lipinski definition) is 16. The van der Waals surface area contributed by atoms with Gasteiger partial charge in [0.05, 0.1) is 27.9 Å². The predicted molar refractivity (Wildman–Crippen MR) is 415 cm³/mol. The van der Waals surface area contributed by atoms with Crippen LogP contribution in [0, 0.1) is 26.2 Å². The molecule has 0 bridgehead atoms. The van der Waals surface area contributed by atoms with E-state index in [0.29, 0.717) is 35.3 Å². The third kappa shape index (κ3) is 22.3. The van der Waals surface area contributed by atoms with Gasteiger partial charge in [0.1, 0.15) is 53.8 Å². The molecule has 6 aromatic carbocycles. The summed E-state index contributed by atoms with van der Waals surface area (Å²) in [7, 11) is -4.35. The Bertz CT molecular complexity index is 4180. The molecule has 0 saturated carbocycles. The number of carboxylic acid groups (broad SMARTS) is 1. The van der Waals surface area contributed by atoms with Gasteiger partial charge in [-0.3, -0.25) is 29.4 Å². The summed E-state index contributed by atoms with van der Waals surface area (Å²) in [6, 6.07) is 38.4. The first-order chi connectivity index (χ1) is 51.0. The van der Waals surface area contributed by atoms with Gasteiger partial charge in [0.2, 0.25) is 35.5 Å². The fourth-order valence-electron chi connectivity index (χ4n) is 13.5. The minimum Gasteiger partial charge on any atom is -0.487 e. The lowest BCUT2D eigenvalue weighted by molar-refractivity contribution is -0.145. The van der Waals surface area contributed by atoms with E-state index in [2.05, 4.69) is 47.3 Å². The maximum absolute atomic E-state index is 14.8. The molecule has 0 fully saturated rings. The molecule has 25 nitrogen and oxygen atoms in total. The Kier molecular flexibility index (Phi) is 28.5. The minimum absolute atomic E-state index is 0.00697.